The second kappa shape index (κ2) is 6.40. The number of methoxy groups -OCH3 is 1. The number of carbonyl (C=O) groups excluding carboxylic acids is 1. The quantitative estimate of drug-likeness (QED) is 0.810. The van der Waals surface area contributed by atoms with Crippen molar-refractivity contribution in [2.24, 2.45) is 5.73 Å². The van der Waals surface area contributed by atoms with Crippen LogP contribution in [-0.2, 0) is 9.59 Å². The minimum Gasteiger partial charge on any atom is -0.496 e. The number of nitrogens with two attached hydrogens (primary N) is 1. The second-order valence-electron chi connectivity index (χ2n) is 4.01. The summed E-state index contributed by atoms with van der Waals surface area (Å²) < 4.78 is 5.12. The van der Waals surface area contributed by atoms with Crippen LogP contribution in [0.3, 0.4) is 0 Å². The predicted octanol–water partition coefficient (Wildman–Crippen LogP) is 0.891. The summed E-state index contributed by atoms with van der Waals surface area (Å²) in [5.41, 5.74) is 5.45. The van der Waals surface area contributed by atoms with Crippen LogP contribution in [-0.4, -0.2) is 42.6 Å². The molecule has 1 rings (SSSR count). The van der Waals surface area contributed by atoms with Crippen molar-refractivity contribution in [3.8, 4) is 5.75 Å². The number of carboxylic acid groups (broad SMARTS) is 1. The van der Waals surface area contributed by atoms with Gasteiger partial charge in [0.15, 0.2) is 0 Å². The Hall–Kier alpha value is -1.79. The van der Waals surface area contributed by atoms with Gasteiger partial charge in [0.05, 0.1) is 13.7 Å². The van der Waals surface area contributed by atoms with Crippen molar-refractivity contribution in [2.75, 3.05) is 20.7 Å². The molecule has 0 saturated carbocycles. The van der Waals surface area contributed by atoms with Gasteiger partial charge < -0.3 is 15.6 Å². The predicted molar refractivity (Wildman–Crippen MR) is 70.2 cm³/mol. The van der Waals surface area contributed by atoms with Gasteiger partial charge in [0.2, 0.25) is 5.91 Å². The lowest BCUT2D eigenvalue weighted by molar-refractivity contribution is -0.143. The van der Waals surface area contributed by atoms with E-state index in [1.807, 2.05) is 0 Å². The monoisotopic (exact) mass is 286 g/mol. The van der Waals surface area contributed by atoms with E-state index in [0.717, 1.165) is 0 Å². The number of carboxylic acids is 1. The van der Waals surface area contributed by atoms with Crippen molar-refractivity contribution >= 4 is 23.5 Å². The summed E-state index contributed by atoms with van der Waals surface area (Å²) in [4.78, 5) is 23.6. The molecule has 104 valence electrons. The van der Waals surface area contributed by atoms with E-state index in [2.05, 4.69) is 0 Å². The van der Waals surface area contributed by atoms with Crippen molar-refractivity contribution in [1.82, 2.24) is 4.90 Å². The first-order chi connectivity index (χ1) is 8.86. The zero-order valence-corrected chi connectivity index (χ0v) is 11.3. The highest BCUT2D eigenvalue weighted by atomic mass is 35.5. The number of carbonyl (C=O) groups is 2. The maximum Gasteiger partial charge on any atom is 0.325 e. The molecule has 6 nitrogen and oxygen atoms in total. The SMILES string of the molecule is COc1ccc(Cl)cc1C(C(=O)O)N(C)CC(N)=O. The van der Waals surface area contributed by atoms with E-state index < -0.39 is 17.9 Å². The van der Waals surface area contributed by atoms with Gasteiger partial charge in [0, 0.05) is 10.6 Å². The number of rotatable bonds is 6. The first-order valence-corrected chi connectivity index (χ1v) is 5.79. The molecule has 7 heteroatoms. The summed E-state index contributed by atoms with van der Waals surface area (Å²) in [6.07, 6.45) is 0. The minimum atomic E-state index is -1.12. The molecule has 0 aliphatic rings. The summed E-state index contributed by atoms with van der Waals surface area (Å²) >= 11 is 5.87. The van der Waals surface area contributed by atoms with Gasteiger partial charge in [0.1, 0.15) is 11.8 Å². The van der Waals surface area contributed by atoms with Crippen molar-refractivity contribution in [1.29, 1.82) is 0 Å². The maximum absolute atomic E-state index is 11.4. The summed E-state index contributed by atoms with van der Waals surface area (Å²) in [5, 5.41) is 9.71. The van der Waals surface area contributed by atoms with Crippen LogP contribution < -0.4 is 10.5 Å². The average molecular weight is 287 g/mol. The molecule has 0 aliphatic heterocycles. The van der Waals surface area contributed by atoms with Gasteiger partial charge in [-0.2, -0.15) is 0 Å². The summed E-state index contributed by atoms with van der Waals surface area (Å²) in [7, 11) is 2.92. The van der Waals surface area contributed by atoms with Crippen LogP contribution in [0.5, 0.6) is 5.75 Å². The molecule has 1 aromatic carbocycles. The largest absolute Gasteiger partial charge is 0.496 e. The Balaban J connectivity index is 3.22. The number of halogens is 1. The van der Waals surface area contributed by atoms with Crippen molar-refractivity contribution < 1.29 is 19.4 Å². The van der Waals surface area contributed by atoms with E-state index in [1.165, 1.54) is 25.1 Å². The lowest BCUT2D eigenvalue weighted by Crippen LogP contribution is -2.37. The fraction of sp³-hybridized carbons (Fsp3) is 0.333. The molecule has 1 aromatic rings. The highest BCUT2D eigenvalue weighted by molar-refractivity contribution is 6.30. The third-order valence-corrected chi connectivity index (χ3v) is 2.80. The number of aliphatic carboxylic acids is 1. The van der Waals surface area contributed by atoms with Gasteiger partial charge in [-0.1, -0.05) is 11.6 Å². The topological polar surface area (TPSA) is 92.9 Å². The zero-order valence-electron chi connectivity index (χ0n) is 10.6. The number of benzene rings is 1. The van der Waals surface area contributed by atoms with Gasteiger partial charge in [-0.05, 0) is 25.2 Å². The number of amides is 1. The van der Waals surface area contributed by atoms with Crippen LogP contribution in [0.2, 0.25) is 5.02 Å². The lowest BCUT2D eigenvalue weighted by Gasteiger charge is -2.25. The first kappa shape index (κ1) is 15.3. The molecule has 0 saturated heterocycles. The Kier molecular flexibility index (Phi) is 5.14. The number of hydrogen-bond donors (Lipinski definition) is 2. The standard InChI is InChI=1S/C12H15ClN2O4/c1-15(6-10(14)16)11(12(17)18)8-5-7(13)3-4-9(8)19-2/h3-5,11H,6H2,1-2H3,(H2,14,16)(H,17,18). The molecule has 0 aromatic heterocycles. The molecule has 1 unspecified atom stereocenters. The van der Waals surface area contributed by atoms with E-state index in [0.29, 0.717) is 16.3 Å². The highest BCUT2D eigenvalue weighted by Crippen LogP contribution is 2.31. The van der Waals surface area contributed by atoms with Crippen LogP contribution in [0.15, 0.2) is 18.2 Å². The van der Waals surface area contributed by atoms with Gasteiger partial charge in [0.25, 0.3) is 0 Å². The molecule has 0 radical (unpaired) electrons. The van der Waals surface area contributed by atoms with Crippen molar-refractivity contribution in [2.45, 2.75) is 6.04 Å². The van der Waals surface area contributed by atoms with E-state index >= 15 is 0 Å². The Labute approximate surface area is 115 Å². The van der Waals surface area contributed by atoms with E-state index in [1.54, 1.807) is 12.1 Å². The van der Waals surface area contributed by atoms with Crippen molar-refractivity contribution in [3.63, 3.8) is 0 Å². The smallest absolute Gasteiger partial charge is 0.325 e. The molecule has 0 fully saturated rings. The van der Waals surface area contributed by atoms with Crippen molar-refractivity contribution in [3.05, 3.63) is 28.8 Å². The Bertz CT molecular complexity index is 493. The number of likely N-dealkylation sites (N-methyl/N-ethyl adjacent to an activating group) is 1. The fourth-order valence-electron chi connectivity index (χ4n) is 1.81. The van der Waals surface area contributed by atoms with E-state index in [9.17, 15) is 14.7 Å². The molecule has 0 bridgehead atoms. The average Bonchev–Trinajstić information content (AvgIpc) is 2.27. The number of primary amides is 1. The molecule has 3 N–H and O–H groups in total. The Morgan fingerprint density at radius 1 is 1.53 bits per heavy atom. The Morgan fingerprint density at radius 3 is 2.63 bits per heavy atom. The van der Waals surface area contributed by atoms with Crippen LogP contribution in [0.25, 0.3) is 0 Å². The molecular weight excluding hydrogens is 272 g/mol. The minimum absolute atomic E-state index is 0.188. The molecule has 1 amide bonds. The van der Waals surface area contributed by atoms with Crippen LogP contribution in [0, 0.1) is 0 Å². The fourth-order valence-corrected chi connectivity index (χ4v) is 2.00. The van der Waals surface area contributed by atoms with Crippen LogP contribution in [0.1, 0.15) is 11.6 Å². The van der Waals surface area contributed by atoms with Crippen LogP contribution >= 0.6 is 11.6 Å². The highest BCUT2D eigenvalue weighted by Gasteiger charge is 2.28. The molecule has 0 aliphatic carbocycles. The maximum atomic E-state index is 11.4. The number of hydrogen-bond acceptors (Lipinski definition) is 4. The van der Waals surface area contributed by atoms with E-state index in [4.69, 9.17) is 22.1 Å². The number of ether oxygens (including phenoxy) is 1. The van der Waals surface area contributed by atoms with Gasteiger partial charge >= 0.3 is 5.97 Å². The van der Waals surface area contributed by atoms with Crippen LogP contribution in [0.4, 0.5) is 0 Å². The summed E-state index contributed by atoms with van der Waals surface area (Å²) in [6, 6.07) is 3.60. The lowest BCUT2D eigenvalue weighted by atomic mass is 10.0. The zero-order chi connectivity index (χ0) is 14.6. The van der Waals surface area contributed by atoms with Gasteiger partial charge in [-0.3, -0.25) is 14.5 Å². The molecule has 0 heterocycles. The Morgan fingerprint density at radius 2 is 2.16 bits per heavy atom. The van der Waals surface area contributed by atoms with E-state index in [-0.39, 0.29) is 6.54 Å². The molecule has 0 spiro atoms. The molecular formula is C12H15ClN2O4. The van der Waals surface area contributed by atoms with Gasteiger partial charge in [-0.15, -0.1) is 0 Å². The third-order valence-electron chi connectivity index (χ3n) is 2.57. The molecule has 19 heavy (non-hydrogen) atoms. The number of nitrogens with zero attached hydrogens (tertiary/aromatic N) is 1. The first-order valence-electron chi connectivity index (χ1n) is 5.41. The molecule has 1 atom stereocenters. The summed E-state index contributed by atoms with van der Waals surface area (Å²) in [6.45, 7) is -0.188. The second-order valence-corrected chi connectivity index (χ2v) is 4.44. The normalized spacial score (nSPS) is 12.2. The van der Waals surface area contributed by atoms with Gasteiger partial charge in [-0.25, -0.2) is 0 Å². The summed E-state index contributed by atoms with van der Waals surface area (Å²) in [5.74, 6) is -1.35. The third kappa shape index (κ3) is 3.84.